The number of carbonyl (C=O) groups is 1. The van der Waals surface area contributed by atoms with E-state index in [1.807, 2.05) is 49.5 Å². The van der Waals surface area contributed by atoms with E-state index in [0.717, 1.165) is 17.7 Å². The zero-order valence-electron chi connectivity index (χ0n) is 15.0. The van der Waals surface area contributed by atoms with E-state index in [0.29, 0.717) is 23.3 Å². The lowest BCUT2D eigenvalue weighted by atomic mass is 10.1. The monoisotopic (exact) mass is 348 g/mol. The molecule has 7 nitrogen and oxygen atoms in total. The van der Waals surface area contributed by atoms with Gasteiger partial charge in [0.25, 0.3) is 5.91 Å². The first-order chi connectivity index (χ1) is 12.5. The third-order valence-corrected chi connectivity index (χ3v) is 4.15. The molecule has 2 aromatic heterocycles. The van der Waals surface area contributed by atoms with Gasteiger partial charge in [0, 0.05) is 43.7 Å². The number of hydrogen-bond acceptors (Lipinski definition) is 5. The lowest BCUT2D eigenvalue weighted by Crippen LogP contribution is -2.33. The molecule has 0 saturated carbocycles. The topological polar surface area (TPSA) is 77.5 Å². The van der Waals surface area contributed by atoms with Gasteiger partial charge in [-0.2, -0.15) is 10.4 Å². The Labute approximate surface area is 152 Å². The Bertz CT molecular complexity index is 985. The summed E-state index contributed by atoms with van der Waals surface area (Å²) in [6, 6.07) is 9.51. The molecular weight excluding hydrogens is 328 g/mol. The van der Waals surface area contributed by atoms with Crippen molar-refractivity contribution in [3.8, 4) is 17.2 Å². The number of aromatic nitrogens is 3. The second-order valence-electron chi connectivity index (χ2n) is 6.39. The fourth-order valence-corrected chi connectivity index (χ4v) is 2.61. The third-order valence-electron chi connectivity index (χ3n) is 4.15. The highest BCUT2D eigenvalue weighted by Gasteiger charge is 2.13. The molecule has 3 rings (SSSR count). The Hall–Kier alpha value is -3.24. The lowest BCUT2D eigenvalue weighted by Gasteiger charge is -2.20. The molecule has 0 aliphatic rings. The van der Waals surface area contributed by atoms with Crippen molar-refractivity contribution < 1.29 is 4.79 Å². The van der Waals surface area contributed by atoms with E-state index in [2.05, 4.69) is 16.2 Å². The van der Waals surface area contributed by atoms with Crippen LogP contribution < -0.4 is 0 Å². The summed E-state index contributed by atoms with van der Waals surface area (Å²) in [5.41, 5.74) is 3.29. The summed E-state index contributed by atoms with van der Waals surface area (Å²) < 4.78 is 1.57. The van der Waals surface area contributed by atoms with Crippen molar-refractivity contribution in [1.29, 1.82) is 5.26 Å². The Kier molecular flexibility index (Phi) is 4.96. The van der Waals surface area contributed by atoms with Gasteiger partial charge < -0.3 is 9.80 Å². The minimum atomic E-state index is -0.0198. The fraction of sp³-hybridized carbons (Fsp3) is 0.263. The zero-order chi connectivity index (χ0) is 18.7. The highest BCUT2D eigenvalue weighted by molar-refractivity contribution is 5.95. The Morgan fingerprint density at radius 3 is 2.73 bits per heavy atom. The number of benzene rings is 1. The molecule has 3 aromatic rings. The van der Waals surface area contributed by atoms with Gasteiger partial charge in [0.1, 0.15) is 11.6 Å². The Morgan fingerprint density at radius 2 is 2.00 bits per heavy atom. The molecular formula is C19H20N6O. The predicted molar refractivity (Wildman–Crippen MR) is 98.7 cm³/mol. The maximum absolute atomic E-state index is 12.6. The van der Waals surface area contributed by atoms with E-state index in [4.69, 9.17) is 5.26 Å². The number of nitrogens with zero attached hydrogens (tertiary/aromatic N) is 6. The van der Waals surface area contributed by atoms with Crippen LogP contribution in [0, 0.1) is 11.3 Å². The van der Waals surface area contributed by atoms with E-state index in [-0.39, 0.29) is 5.91 Å². The molecule has 1 amide bonds. The molecule has 0 aliphatic carbocycles. The number of hydrogen-bond donors (Lipinski definition) is 0. The van der Waals surface area contributed by atoms with Crippen LogP contribution in [0.4, 0.5) is 0 Å². The molecule has 0 unspecified atom stereocenters. The van der Waals surface area contributed by atoms with Gasteiger partial charge in [0.05, 0.1) is 6.20 Å². The number of rotatable bonds is 5. The van der Waals surface area contributed by atoms with Gasteiger partial charge in [-0.05, 0) is 31.8 Å². The number of likely N-dealkylation sites (N-methyl/N-ethyl adjacent to an activating group) is 2. The van der Waals surface area contributed by atoms with E-state index in [1.54, 1.807) is 22.7 Å². The molecule has 0 radical (unpaired) electrons. The summed E-state index contributed by atoms with van der Waals surface area (Å²) in [6.45, 7) is 1.47. The van der Waals surface area contributed by atoms with Gasteiger partial charge in [-0.1, -0.05) is 12.1 Å². The van der Waals surface area contributed by atoms with Crippen molar-refractivity contribution in [2.45, 2.75) is 0 Å². The summed E-state index contributed by atoms with van der Waals surface area (Å²) >= 11 is 0. The van der Waals surface area contributed by atoms with Crippen molar-refractivity contribution in [2.24, 2.45) is 0 Å². The highest BCUT2D eigenvalue weighted by atomic mass is 16.2. The van der Waals surface area contributed by atoms with Crippen LogP contribution >= 0.6 is 0 Å². The second-order valence-corrected chi connectivity index (χ2v) is 6.39. The minimum Gasteiger partial charge on any atom is -0.340 e. The van der Waals surface area contributed by atoms with E-state index < -0.39 is 0 Å². The van der Waals surface area contributed by atoms with Gasteiger partial charge >= 0.3 is 0 Å². The van der Waals surface area contributed by atoms with Crippen LogP contribution in [0.3, 0.4) is 0 Å². The van der Waals surface area contributed by atoms with Crippen molar-refractivity contribution in [2.75, 3.05) is 34.2 Å². The normalized spacial score (nSPS) is 10.9. The largest absolute Gasteiger partial charge is 0.340 e. The van der Waals surface area contributed by atoms with Crippen molar-refractivity contribution in [1.82, 2.24) is 24.4 Å². The number of carbonyl (C=O) groups excluding carboxylic acids is 1. The molecule has 2 heterocycles. The van der Waals surface area contributed by atoms with Crippen LogP contribution in [-0.4, -0.2) is 64.5 Å². The maximum Gasteiger partial charge on any atom is 0.253 e. The standard InChI is InChI=1S/C19H20N6O/c1-23(2)7-8-24(3)19(26)15-6-4-5-14(9-15)17-11-21-18-16(10-20)12-22-25(18)13-17/h4-6,9,11-13H,7-8H2,1-3H3. The molecule has 0 saturated heterocycles. The van der Waals surface area contributed by atoms with Crippen LogP contribution in [0.5, 0.6) is 0 Å². The third kappa shape index (κ3) is 3.55. The van der Waals surface area contributed by atoms with Crippen LogP contribution in [-0.2, 0) is 0 Å². The van der Waals surface area contributed by atoms with Gasteiger partial charge in [-0.15, -0.1) is 0 Å². The van der Waals surface area contributed by atoms with Crippen molar-refractivity contribution >= 4 is 11.6 Å². The molecule has 0 atom stereocenters. The molecule has 0 fully saturated rings. The lowest BCUT2D eigenvalue weighted by molar-refractivity contribution is 0.0786. The van der Waals surface area contributed by atoms with Crippen LogP contribution in [0.2, 0.25) is 0 Å². The molecule has 7 heteroatoms. The summed E-state index contributed by atoms with van der Waals surface area (Å²) in [5.74, 6) is -0.0198. The fourth-order valence-electron chi connectivity index (χ4n) is 2.61. The Morgan fingerprint density at radius 1 is 1.19 bits per heavy atom. The van der Waals surface area contributed by atoms with Gasteiger partial charge in [-0.3, -0.25) is 4.79 Å². The minimum absolute atomic E-state index is 0.0198. The predicted octanol–water partition coefficient (Wildman–Crippen LogP) is 1.90. The summed E-state index contributed by atoms with van der Waals surface area (Å²) in [7, 11) is 5.77. The molecule has 0 aliphatic heterocycles. The van der Waals surface area contributed by atoms with E-state index >= 15 is 0 Å². The number of nitriles is 1. The first-order valence-corrected chi connectivity index (χ1v) is 8.23. The molecule has 0 N–H and O–H groups in total. The molecule has 26 heavy (non-hydrogen) atoms. The quantitative estimate of drug-likeness (QED) is 0.704. The number of fused-ring (bicyclic) bond motifs is 1. The first-order valence-electron chi connectivity index (χ1n) is 8.23. The first kappa shape index (κ1) is 17.6. The average Bonchev–Trinajstić information content (AvgIpc) is 3.07. The molecule has 132 valence electrons. The van der Waals surface area contributed by atoms with Crippen LogP contribution in [0.25, 0.3) is 16.8 Å². The van der Waals surface area contributed by atoms with E-state index in [9.17, 15) is 4.79 Å². The van der Waals surface area contributed by atoms with Gasteiger partial charge in [-0.25, -0.2) is 9.50 Å². The summed E-state index contributed by atoms with van der Waals surface area (Å²) in [4.78, 5) is 20.7. The molecule has 0 bridgehead atoms. The summed E-state index contributed by atoms with van der Waals surface area (Å²) in [6.07, 6.45) is 4.99. The van der Waals surface area contributed by atoms with Crippen molar-refractivity contribution in [3.63, 3.8) is 0 Å². The molecule has 1 aromatic carbocycles. The van der Waals surface area contributed by atoms with Crippen LogP contribution in [0.1, 0.15) is 15.9 Å². The van der Waals surface area contributed by atoms with E-state index in [1.165, 1.54) is 6.20 Å². The SMILES string of the molecule is CN(C)CCN(C)C(=O)c1cccc(-c2cnc3c(C#N)cnn3c2)c1. The zero-order valence-corrected chi connectivity index (χ0v) is 15.0. The van der Waals surface area contributed by atoms with Gasteiger partial charge in [0.2, 0.25) is 0 Å². The van der Waals surface area contributed by atoms with Crippen molar-refractivity contribution in [3.05, 3.63) is 54.0 Å². The Balaban J connectivity index is 1.87. The van der Waals surface area contributed by atoms with Crippen LogP contribution in [0.15, 0.2) is 42.9 Å². The number of amides is 1. The highest BCUT2D eigenvalue weighted by Crippen LogP contribution is 2.21. The second kappa shape index (κ2) is 7.33. The maximum atomic E-state index is 12.6. The van der Waals surface area contributed by atoms with Gasteiger partial charge in [0.15, 0.2) is 5.65 Å². The molecule has 0 spiro atoms. The average molecular weight is 348 g/mol. The smallest absolute Gasteiger partial charge is 0.253 e. The summed E-state index contributed by atoms with van der Waals surface area (Å²) in [5, 5.41) is 13.2.